The van der Waals surface area contributed by atoms with Gasteiger partial charge in [-0.15, -0.1) is 0 Å². The number of hydrogen-bond acceptors (Lipinski definition) is 6. The van der Waals surface area contributed by atoms with Crippen LogP contribution in [0.5, 0.6) is 11.5 Å². The standard InChI is InChI=1S/C27H26N2O6/c1-2-34-20-11-7-18(8-12-20)28-16-17(15-24(28)30)27(33)35-21-13-9-19(10-14-21)29-25(31)22-5-3-4-6-23(22)26(29)32/h3-4,7-14,17,22-23H,2,5-6,15-16H2,1H3. The van der Waals surface area contributed by atoms with Gasteiger partial charge in [0.25, 0.3) is 0 Å². The van der Waals surface area contributed by atoms with E-state index < -0.39 is 11.9 Å². The van der Waals surface area contributed by atoms with Crippen LogP contribution in [0, 0.1) is 17.8 Å². The number of esters is 1. The van der Waals surface area contributed by atoms with Gasteiger partial charge in [0.1, 0.15) is 11.5 Å². The van der Waals surface area contributed by atoms with E-state index in [4.69, 9.17) is 9.47 Å². The third-order valence-electron chi connectivity index (χ3n) is 6.74. The van der Waals surface area contributed by atoms with Crippen molar-refractivity contribution >= 4 is 35.1 Å². The zero-order chi connectivity index (χ0) is 24.5. The van der Waals surface area contributed by atoms with Crippen molar-refractivity contribution in [2.75, 3.05) is 23.0 Å². The van der Waals surface area contributed by atoms with Crippen molar-refractivity contribution < 1.29 is 28.7 Å². The lowest BCUT2D eigenvalue weighted by atomic mass is 9.85. The van der Waals surface area contributed by atoms with Crippen LogP contribution in [0.1, 0.15) is 26.2 Å². The van der Waals surface area contributed by atoms with E-state index in [9.17, 15) is 19.2 Å². The van der Waals surface area contributed by atoms with Gasteiger partial charge in [-0.2, -0.15) is 0 Å². The molecule has 8 heteroatoms. The SMILES string of the molecule is CCOc1ccc(N2CC(C(=O)Oc3ccc(N4C(=O)C5CC=CCC5C4=O)cc3)CC2=O)cc1. The highest BCUT2D eigenvalue weighted by atomic mass is 16.5. The van der Waals surface area contributed by atoms with Gasteiger partial charge < -0.3 is 14.4 Å². The lowest BCUT2D eigenvalue weighted by Gasteiger charge is -2.17. The molecule has 2 heterocycles. The Labute approximate surface area is 203 Å². The number of fused-ring (bicyclic) bond motifs is 1. The van der Waals surface area contributed by atoms with E-state index in [1.807, 2.05) is 19.1 Å². The Morgan fingerprint density at radius 1 is 0.857 bits per heavy atom. The van der Waals surface area contributed by atoms with Gasteiger partial charge in [0.2, 0.25) is 17.7 Å². The van der Waals surface area contributed by atoms with Crippen molar-refractivity contribution in [2.45, 2.75) is 26.2 Å². The summed E-state index contributed by atoms with van der Waals surface area (Å²) < 4.78 is 10.9. The molecule has 35 heavy (non-hydrogen) atoms. The topological polar surface area (TPSA) is 93.2 Å². The molecule has 0 bridgehead atoms. The fourth-order valence-electron chi connectivity index (χ4n) is 4.92. The molecule has 180 valence electrons. The number of amides is 3. The summed E-state index contributed by atoms with van der Waals surface area (Å²) in [5, 5.41) is 0. The van der Waals surface area contributed by atoms with Gasteiger partial charge in [-0.05, 0) is 68.3 Å². The number of anilines is 2. The number of allylic oxidation sites excluding steroid dienone is 2. The van der Waals surface area contributed by atoms with Crippen LogP contribution in [0.25, 0.3) is 0 Å². The van der Waals surface area contributed by atoms with Crippen LogP contribution in [0.15, 0.2) is 60.7 Å². The van der Waals surface area contributed by atoms with Gasteiger partial charge in [-0.25, -0.2) is 0 Å². The van der Waals surface area contributed by atoms with Crippen LogP contribution in [0.4, 0.5) is 11.4 Å². The van der Waals surface area contributed by atoms with E-state index in [0.717, 1.165) is 5.75 Å². The second-order valence-corrected chi connectivity index (χ2v) is 8.91. The van der Waals surface area contributed by atoms with Crippen molar-refractivity contribution in [1.29, 1.82) is 0 Å². The van der Waals surface area contributed by atoms with E-state index in [2.05, 4.69) is 0 Å². The third kappa shape index (κ3) is 4.32. The van der Waals surface area contributed by atoms with E-state index in [-0.39, 0.29) is 42.5 Å². The monoisotopic (exact) mass is 474 g/mol. The summed E-state index contributed by atoms with van der Waals surface area (Å²) in [6.07, 6.45) is 5.12. The quantitative estimate of drug-likeness (QED) is 0.275. The Morgan fingerprint density at radius 2 is 1.43 bits per heavy atom. The molecule has 2 aromatic carbocycles. The summed E-state index contributed by atoms with van der Waals surface area (Å²) in [5.41, 5.74) is 1.17. The van der Waals surface area contributed by atoms with Crippen molar-refractivity contribution in [1.82, 2.24) is 0 Å². The average Bonchev–Trinajstić information content (AvgIpc) is 3.38. The number of carbonyl (C=O) groups excluding carboxylic acids is 4. The number of benzene rings is 2. The third-order valence-corrected chi connectivity index (χ3v) is 6.74. The molecule has 5 rings (SSSR count). The predicted molar refractivity (Wildman–Crippen MR) is 128 cm³/mol. The molecule has 0 N–H and O–H groups in total. The molecule has 3 atom stereocenters. The predicted octanol–water partition coefficient (Wildman–Crippen LogP) is 3.50. The number of imide groups is 1. The Morgan fingerprint density at radius 3 is 2.03 bits per heavy atom. The molecule has 2 saturated heterocycles. The second-order valence-electron chi connectivity index (χ2n) is 8.91. The molecule has 8 nitrogen and oxygen atoms in total. The van der Waals surface area contributed by atoms with Gasteiger partial charge >= 0.3 is 5.97 Å². The Balaban J connectivity index is 1.22. The number of nitrogens with zero attached hydrogens (tertiary/aromatic N) is 2. The first-order valence-corrected chi connectivity index (χ1v) is 11.8. The van der Waals surface area contributed by atoms with Gasteiger partial charge in [0.05, 0.1) is 30.0 Å². The molecule has 2 fully saturated rings. The molecule has 2 aliphatic heterocycles. The minimum absolute atomic E-state index is 0.0672. The fraction of sp³-hybridized carbons (Fsp3) is 0.333. The maximum Gasteiger partial charge on any atom is 0.316 e. The lowest BCUT2D eigenvalue weighted by molar-refractivity contribution is -0.139. The normalized spacial score (nSPS) is 23.6. The minimum atomic E-state index is -0.592. The Bertz CT molecular complexity index is 1160. The highest BCUT2D eigenvalue weighted by Crippen LogP contribution is 2.38. The number of carbonyl (C=O) groups is 4. The van der Waals surface area contributed by atoms with Crippen molar-refractivity contribution in [3.8, 4) is 11.5 Å². The molecular weight excluding hydrogens is 448 g/mol. The zero-order valence-electron chi connectivity index (χ0n) is 19.4. The highest BCUT2D eigenvalue weighted by Gasteiger charge is 2.47. The highest BCUT2D eigenvalue weighted by molar-refractivity contribution is 6.22. The number of hydrogen-bond donors (Lipinski definition) is 0. The van der Waals surface area contributed by atoms with E-state index >= 15 is 0 Å². The van der Waals surface area contributed by atoms with Gasteiger partial charge in [-0.3, -0.25) is 24.1 Å². The van der Waals surface area contributed by atoms with E-state index in [0.29, 0.717) is 36.6 Å². The molecule has 0 aromatic heterocycles. The second kappa shape index (κ2) is 9.37. The molecule has 0 saturated carbocycles. The maximum atomic E-state index is 12.8. The number of rotatable bonds is 6. The average molecular weight is 475 g/mol. The fourth-order valence-corrected chi connectivity index (χ4v) is 4.92. The number of ether oxygens (including phenoxy) is 2. The molecule has 2 aromatic rings. The van der Waals surface area contributed by atoms with Crippen molar-refractivity contribution in [2.24, 2.45) is 17.8 Å². The first kappa shape index (κ1) is 22.8. The van der Waals surface area contributed by atoms with Crippen LogP contribution in [-0.2, 0) is 19.2 Å². The Hall–Kier alpha value is -3.94. The molecule has 3 unspecified atom stereocenters. The van der Waals surface area contributed by atoms with Gasteiger partial charge in [0.15, 0.2) is 0 Å². The maximum absolute atomic E-state index is 12.8. The van der Waals surface area contributed by atoms with Crippen LogP contribution < -0.4 is 19.3 Å². The molecule has 3 amide bonds. The van der Waals surface area contributed by atoms with Crippen molar-refractivity contribution in [3.63, 3.8) is 0 Å². The summed E-state index contributed by atoms with van der Waals surface area (Å²) >= 11 is 0. The lowest BCUT2D eigenvalue weighted by Crippen LogP contribution is -2.30. The minimum Gasteiger partial charge on any atom is -0.494 e. The first-order chi connectivity index (χ1) is 17.0. The molecule has 3 aliphatic rings. The zero-order valence-corrected chi connectivity index (χ0v) is 19.4. The summed E-state index contributed by atoms with van der Waals surface area (Å²) in [4.78, 5) is 53.6. The Kier molecular flexibility index (Phi) is 6.11. The summed E-state index contributed by atoms with van der Waals surface area (Å²) in [6, 6.07) is 13.5. The largest absolute Gasteiger partial charge is 0.494 e. The molecule has 1 aliphatic carbocycles. The molecule has 0 spiro atoms. The first-order valence-electron chi connectivity index (χ1n) is 11.8. The summed E-state index contributed by atoms with van der Waals surface area (Å²) in [6.45, 7) is 2.69. The summed E-state index contributed by atoms with van der Waals surface area (Å²) in [5.74, 6) is -1.20. The van der Waals surface area contributed by atoms with Crippen LogP contribution in [-0.4, -0.2) is 36.8 Å². The molecule has 0 radical (unpaired) electrons. The van der Waals surface area contributed by atoms with Crippen LogP contribution >= 0.6 is 0 Å². The summed E-state index contributed by atoms with van der Waals surface area (Å²) in [7, 11) is 0. The van der Waals surface area contributed by atoms with Crippen LogP contribution in [0.3, 0.4) is 0 Å². The van der Waals surface area contributed by atoms with E-state index in [1.54, 1.807) is 53.4 Å². The van der Waals surface area contributed by atoms with E-state index in [1.165, 1.54) is 4.90 Å². The van der Waals surface area contributed by atoms with Crippen LogP contribution in [0.2, 0.25) is 0 Å². The van der Waals surface area contributed by atoms with Gasteiger partial charge in [0, 0.05) is 18.7 Å². The van der Waals surface area contributed by atoms with Gasteiger partial charge in [-0.1, -0.05) is 12.2 Å². The smallest absolute Gasteiger partial charge is 0.316 e. The van der Waals surface area contributed by atoms with Crippen molar-refractivity contribution in [3.05, 3.63) is 60.7 Å². The molecular formula is C27H26N2O6.